The third-order valence-electron chi connectivity index (χ3n) is 4.16. The summed E-state index contributed by atoms with van der Waals surface area (Å²) in [5.74, 6) is 2.39. The Hall–Kier alpha value is -3.37. The van der Waals surface area contributed by atoms with E-state index in [9.17, 15) is 36.2 Å². The van der Waals surface area contributed by atoms with Crippen LogP contribution in [-0.2, 0) is 16.0 Å². The number of ether oxygens (including phenoxy) is 4. The van der Waals surface area contributed by atoms with E-state index in [-0.39, 0.29) is 25.2 Å². The number of halogens is 7. The summed E-state index contributed by atoms with van der Waals surface area (Å²) in [6.45, 7) is 1.98. The zero-order chi connectivity index (χ0) is 27.6. The molecule has 0 aliphatic carbocycles. The van der Waals surface area contributed by atoms with E-state index in [1.54, 1.807) is 25.1 Å². The van der Waals surface area contributed by atoms with Gasteiger partial charge in [0.1, 0.15) is 23.9 Å². The predicted octanol–water partition coefficient (Wildman–Crippen LogP) is 6.27. The molecule has 0 aliphatic rings. The molecule has 0 fully saturated rings. The predicted molar refractivity (Wildman–Crippen MR) is 122 cm³/mol. The first-order chi connectivity index (χ1) is 17.3. The number of benzene rings is 2. The maximum atomic E-state index is 12.5. The van der Waals surface area contributed by atoms with Gasteiger partial charge in [-0.25, -0.2) is 4.79 Å². The summed E-state index contributed by atoms with van der Waals surface area (Å²) in [6.07, 6.45) is -8.31. The molecule has 2 rings (SSSR count). The van der Waals surface area contributed by atoms with Crippen molar-refractivity contribution in [2.45, 2.75) is 32.2 Å². The van der Waals surface area contributed by atoms with E-state index in [1.807, 2.05) is 0 Å². The normalized spacial score (nSPS) is 12.5. The van der Waals surface area contributed by atoms with Crippen LogP contribution in [0.3, 0.4) is 0 Å². The van der Waals surface area contributed by atoms with Gasteiger partial charge in [-0.1, -0.05) is 17.9 Å². The highest BCUT2D eigenvalue weighted by atomic mass is 79.9. The zero-order valence-electron chi connectivity index (χ0n) is 19.0. The second-order valence-corrected chi connectivity index (χ2v) is 7.88. The SMILES string of the molecule is CCO[C@@H](Cc1ccc(OC/C=C\C#Cc2cc(OC(F)(F)F)cc(OC(F)(F)F)c2)c(Br)c1)C(=O)O. The molecule has 200 valence electrons. The van der Waals surface area contributed by atoms with Gasteiger partial charge < -0.3 is 24.1 Å². The van der Waals surface area contributed by atoms with Gasteiger partial charge in [0.15, 0.2) is 6.10 Å². The van der Waals surface area contributed by atoms with E-state index in [0.717, 1.165) is 12.1 Å². The van der Waals surface area contributed by atoms with Crippen molar-refractivity contribution < 1.29 is 55.2 Å². The molecule has 1 N–H and O–H groups in total. The number of carboxylic acid groups (broad SMARTS) is 1. The molecule has 0 saturated carbocycles. The molecule has 2 aromatic carbocycles. The van der Waals surface area contributed by atoms with Gasteiger partial charge in [-0.05, 0) is 64.8 Å². The minimum atomic E-state index is -5.12. The van der Waals surface area contributed by atoms with Crippen molar-refractivity contribution in [2.75, 3.05) is 13.2 Å². The van der Waals surface area contributed by atoms with Gasteiger partial charge in [0.2, 0.25) is 0 Å². The highest BCUT2D eigenvalue weighted by Gasteiger charge is 2.33. The van der Waals surface area contributed by atoms with Gasteiger partial charge in [-0.3, -0.25) is 0 Å². The van der Waals surface area contributed by atoms with Crippen LogP contribution in [0.2, 0.25) is 0 Å². The minimum Gasteiger partial charge on any atom is -0.488 e. The molecular formula is C24H19BrF6O6. The number of hydrogen-bond acceptors (Lipinski definition) is 5. The molecule has 6 nitrogen and oxygen atoms in total. The van der Waals surface area contributed by atoms with Gasteiger partial charge in [-0.15, -0.1) is 26.3 Å². The monoisotopic (exact) mass is 596 g/mol. The Kier molecular flexibility index (Phi) is 10.7. The van der Waals surface area contributed by atoms with Crippen molar-refractivity contribution in [3.63, 3.8) is 0 Å². The lowest BCUT2D eigenvalue weighted by molar-refractivity contribution is -0.276. The van der Waals surface area contributed by atoms with Crippen LogP contribution >= 0.6 is 15.9 Å². The molecule has 0 aliphatic heterocycles. The summed E-state index contributed by atoms with van der Waals surface area (Å²) < 4.78 is 93.4. The van der Waals surface area contributed by atoms with Crippen LogP contribution in [0.25, 0.3) is 0 Å². The smallest absolute Gasteiger partial charge is 0.488 e. The largest absolute Gasteiger partial charge is 0.573 e. The number of aliphatic carboxylic acids is 1. The molecule has 0 spiro atoms. The Balaban J connectivity index is 2.03. The number of allylic oxidation sites excluding steroid dienone is 1. The fourth-order valence-electron chi connectivity index (χ4n) is 2.82. The Morgan fingerprint density at radius 2 is 1.68 bits per heavy atom. The molecular weight excluding hydrogens is 578 g/mol. The van der Waals surface area contributed by atoms with Crippen LogP contribution in [0.1, 0.15) is 18.1 Å². The van der Waals surface area contributed by atoms with E-state index >= 15 is 0 Å². The van der Waals surface area contributed by atoms with Gasteiger partial charge in [0.25, 0.3) is 0 Å². The molecule has 0 unspecified atom stereocenters. The van der Waals surface area contributed by atoms with Crippen LogP contribution in [0, 0.1) is 11.8 Å². The topological polar surface area (TPSA) is 74.2 Å². The number of alkyl halides is 6. The van der Waals surface area contributed by atoms with Crippen LogP contribution < -0.4 is 14.2 Å². The van der Waals surface area contributed by atoms with Crippen molar-refractivity contribution >= 4 is 21.9 Å². The second-order valence-electron chi connectivity index (χ2n) is 7.02. The van der Waals surface area contributed by atoms with Crippen molar-refractivity contribution in [1.29, 1.82) is 0 Å². The average molecular weight is 597 g/mol. The van der Waals surface area contributed by atoms with Crippen molar-refractivity contribution in [3.05, 3.63) is 64.1 Å². The molecule has 1 atom stereocenters. The third-order valence-corrected chi connectivity index (χ3v) is 4.78. The van der Waals surface area contributed by atoms with Crippen LogP contribution in [-0.4, -0.2) is 43.1 Å². The summed E-state index contributed by atoms with van der Waals surface area (Å²) in [5, 5.41) is 9.18. The fourth-order valence-corrected chi connectivity index (χ4v) is 3.36. The molecule has 0 aromatic heterocycles. The van der Waals surface area contributed by atoms with Crippen molar-refractivity contribution in [2.24, 2.45) is 0 Å². The maximum Gasteiger partial charge on any atom is 0.573 e. The molecule has 0 saturated heterocycles. The first-order valence-electron chi connectivity index (χ1n) is 10.3. The van der Waals surface area contributed by atoms with E-state index in [2.05, 4.69) is 37.2 Å². The molecule has 0 heterocycles. The Labute approximate surface area is 215 Å². The molecule has 0 bridgehead atoms. The first-order valence-corrected chi connectivity index (χ1v) is 11.1. The second kappa shape index (κ2) is 13.3. The minimum absolute atomic E-state index is 0.0307. The highest BCUT2D eigenvalue weighted by molar-refractivity contribution is 9.10. The molecule has 13 heteroatoms. The lowest BCUT2D eigenvalue weighted by atomic mass is 10.1. The van der Waals surface area contributed by atoms with E-state index < -0.39 is 36.3 Å². The summed E-state index contributed by atoms with van der Waals surface area (Å²) in [7, 11) is 0. The zero-order valence-corrected chi connectivity index (χ0v) is 20.5. The quantitative estimate of drug-likeness (QED) is 0.258. The number of rotatable bonds is 10. The summed E-state index contributed by atoms with van der Waals surface area (Å²) in [4.78, 5) is 11.2. The molecule has 37 heavy (non-hydrogen) atoms. The Bertz CT molecular complexity index is 1130. The van der Waals surface area contributed by atoms with E-state index in [1.165, 1.54) is 12.2 Å². The summed E-state index contributed by atoms with van der Waals surface area (Å²) in [5.41, 5.74) is 0.490. The number of hydrogen-bond donors (Lipinski definition) is 1. The van der Waals surface area contributed by atoms with E-state index in [4.69, 9.17) is 9.47 Å². The number of carbonyl (C=O) groups is 1. The van der Waals surface area contributed by atoms with Crippen LogP contribution in [0.15, 0.2) is 53.0 Å². The molecule has 0 radical (unpaired) electrons. The lowest BCUT2D eigenvalue weighted by Crippen LogP contribution is -2.26. The van der Waals surface area contributed by atoms with Crippen LogP contribution in [0.4, 0.5) is 26.3 Å². The lowest BCUT2D eigenvalue weighted by Gasteiger charge is -2.13. The maximum absolute atomic E-state index is 12.5. The Morgan fingerprint density at radius 3 is 2.19 bits per heavy atom. The fraction of sp³-hybridized carbons (Fsp3) is 0.292. The molecule has 2 aromatic rings. The van der Waals surface area contributed by atoms with Gasteiger partial charge in [0, 0.05) is 24.7 Å². The summed E-state index contributed by atoms with van der Waals surface area (Å²) in [6, 6.07) is 7.05. The number of carboxylic acids is 1. The average Bonchev–Trinajstić information content (AvgIpc) is 2.74. The van der Waals surface area contributed by atoms with Crippen LogP contribution in [0.5, 0.6) is 17.2 Å². The first kappa shape index (κ1) is 29.9. The van der Waals surface area contributed by atoms with Crippen molar-refractivity contribution in [1.82, 2.24) is 0 Å². The van der Waals surface area contributed by atoms with E-state index in [0.29, 0.717) is 21.9 Å². The van der Waals surface area contributed by atoms with Gasteiger partial charge in [-0.2, -0.15) is 0 Å². The van der Waals surface area contributed by atoms with Gasteiger partial charge >= 0.3 is 18.7 Å². The standard InChI is InChI=1S/C24H19BrF6O6/c1-2-34-21(22(32)33)13-16-7-8-20(19(25)12-16)35-9-5-3-4-6-15-10-17(36-23(26,27)28)14-18(11-15)37-24(29,30)31/h3,5,7-8,10-12,14,21H,2,9,13H2,1H3,(H,32,33)/b5-3-/t21-/m0/s1. The van der Waals surface area contributed by atoms with Crippen molar-refractivity contribution in [3.8, 4) is 29.1 Å². The van der Waals surface area contributed by atoms with Gasteiger partial charge in [0.05, 0.1) is 4.47 Å². The highest BCUT2D eigenvalue weighted by Crippen LogP contribution is 2.31. The molecule has 0 amide bonds. The third kappa shape index (κ3) is 11.5. The Morgan fingerprint density at radius 1 is 1.05 bits per heavy atom. The summed E-state index contributed by atoms with van der Waals surface area (Å²) >= 11 is 3.33.